The van der Waals surface area contributed by atoms with Crippen LogP contribution >= 0.6 is 15.9 Å². The van der Waals surface area contributed by atoms with Crippen molar-refractivity contribution in [3.8, 4) is 0 Å². The molecule has 4 nitrogen and oxygen atoms in total. The standard InChI is InChI=1S/C14H19BrN2O2/c1-10-4-6-14(19,7-5-10)9-17-13(18)12-11(15)3-2-8-16-12/h2-3,8,10,19H,4-7,9H2,1H3,(H,17,18). The van der Waals surface area contributed by atoms with Gasteiger partial charge in [-0.05, 0) is 59.7 Å². The largest absolute Gasteiger partial charge is 0.388 e. The van der Waals surface area contributed by atoms with E-state index in [0.29, 0.717) is 22.6 Å². The number of nitrogens with one attached hydrogen (secondary N) is 1. The minimum absolute atomic E-state index is 0.250. The van der Waals surface area contributed by atoms with Gasteiger partial charge >= 0.3 is 0 Å². The average Bonchev–Trinajstić information content (AvgIpc) is 2.41. The Morgan fingerprint density at radius 1 is 1.58 bits per heavy atom. The van der Waals surface area contributed by atoms with Crippen LogP contribution in [0.15, 0.2) is 22.8 Å². The molecule has 1 aliphatic rings. The summed E-state index contributed by atoms with van der Waals surface area (Å²) in [6.45, 7) is 2.49. The molecule has 0 atom stereocenters. The molecule has 0 aromatic carbocycles. The number of pyridine rings is 1. The fourth-order valence-electron chi connectivity index (χ4n) is 2.36. The predicted molar refractivity (Wildman–Crippen MR) is 76.9 cm³/mol. The van der Waals surface area contributed by atoms with E-state index in [1.54, 1.807) is 18.3 Å². The predicted octanol–water partition coefficient (Wildman–Crippen LogP) is 2.52. The van der Waals surface area contributed by atoms with Gasteiger partial charge in [0, 0.05) is 17.2 Å². The zero-order valence-corrected chi connectivity index (χ0v) is 12.6. The molecule has 1 aromatic rings. The molecule has 104 valence electrons. The summed E-state index contributed by atoms with van der Waals surface area (Å²) >= 11 is 3.30. The monoisotopic (exact) mass is 326 g/mol. The van der Waals surface area contributed by atoms with E-state index in [-0.39, 0.29) is 5.91 Å². The summed E-state index contributed by atoms with van der Waals surface area (Å²) in [7, 11) is 0. The van der Waals surface area contributed by atoms with Gasteiger partial charge in [0.25, 0.3) is 5.91 Å². The van der Waals surface area contributed by atoms with Gasteiger partial charge in [0.15, 0.2) is 0 Å². The van der Waals surface area contributed by atoms with Crippen LogP contribution in [0.1, 0.15) is 43.1 Å². The lowest BCUT2D eigenvalue weighted by molar-refractivity contribution is -0.00544. The molecule has 0 saturated heterocycles. The van der Waals surface area contributed by atoms with Crippen LogP contribution in [-0.2, 0) is 0 Å². The Morgan fingerprint density at radius 2 is 2.26 bits per heavy atom. The molecule has 0 unspecified atom stereocenters. The average molecular weight is 327 g/mol. The second-order valence-corrected chi connectivity index (χ2v) is 6.28. The van der Waals surface area contributed by atoms with Crippen LogP contribution in [0, 0.1) is 5.92 Å². The van der Waals surface area contributed by atoms with Crippen molar-refractivity contribution in [3.63, 3.8) is 0 Å². The normalized spacial score (nSPS) is 27.0. The summed E-state index contributed by atoms with van der Waals surface area (Å²) in [5.41, 5.74) is -0.404. The minimum Gasteiger partial charge on any atom is -0.388 e. The maximum atomic E-state index is 12.0. The smallest absolute Gasteiger partial charge is 0.271 e. The first-order valence-corrected chi connectivity index (χ1v) is 7.40. The highest BCUT2D eigenvalue weighted by molar-refractivity contribution is 9.10. The van der Waals surface area contributed by atoms with Gasteiger partial charge in [0.05, 0.1) is 5.60 Å². The highest BCUT2D eigenvalue weighted by atomic mass is 79.9. The molecule has 1 amide bonds. The summed E-state index contributed by atoms with van der Waals surface area (Å²) in [5, 5.41) is 13.2. The fourth-order valence-corrected chi connectivity index (χ4v) is 2.79. The van der Waals surface area contributed by atoms with E-state index in [0.717, 1.165) is 25.7 Å². The Labute approximate surface area is 121 Å². The number of nitrogens with zero attached hydrogens (tertiary/aromatic N) is 1. The van der Waals surface area contributed by atoms with Crippen LogP contribution in [0.2, 0.25) is 0 Å². The molecule has 1 fully saturated rings. The highest BCUT2D eigenvalue weighted by Gasteiger charge is 2.32. The maximum absolute atomic E-state index is 12.0. The van der Waals surface area contributed by atoms with Crippen LogP contribution in [0.25, 0.3) is 0 Å². The van der Waals surface area contributed by atoms with Crippen molar-refractivity contribution >= 4 is 21.8 Å². The molecule has 2 rings (SSSR count). The Hall–Kier alpha value is -0.940. The lowest BCUT2D eigenvalue weighted by atomic mass is 9.79. The van der Waals surface area contributed by atoms with Gasteiger partial charge in [0.2, 0.25) is 0 Å². The molecule has 0 spiro atoms. The third kappa shape index (κ3) is 3.76. The van der Waals surface area contributed by atoms with Crippen molar-refractivity contribution in [1.29, 1.82) is 0 Å². The maximum Gasteiger partial charge on any atom is 0.271 e. The van der Waals surface area contributed by atoms with Crippen molar-refractivity contribution in [3.05, 3.63) is 28.5 Å². The molecular formula is C14H19BrN2O2. The van der Waals surface area contributed by atoms with Crippen molar-refractivity contribution in [2.75, 3.05) is 6.54 Å². The first kappa shape index (κ1) is 14.5. The first-order chi connectivity index (χ1) is 9.00. The lowest BCUT2D eigenvalue weighted by Crippen LogP contribution is -2.45. The molecule has 1 aliphatic carbocycles. The molecule has 0 bridgehead atoms. The van der Waals surface area contributed by atoms with Crippen LogP contribution in [0.4, 0.5) is 0 Å². The first-order valence-electron chi connectivity index (χ1n) is 6.61. The van der Waals surface area contributed by atoms with E-state index in [1.165, 1.54) is 0 Å². The summed E-state index contributed by atoms with van der Waals surface area (Å²) in [6.07, 6.45) is 5.10. The van der Waals surface area contributed by atoms with Gasteiger partial charge in [-0.25, -0.2) is 4.98 Å². The van der Waals surface area contributed by atoms with Crippen molar-refractivity contribution in [2.45, 2.75) is 38.2 Å². The highest BCUT2D eigenvalue weighted by Crippen LogP contribution is 2.31. The number of carbonyl (C=O) groups is 1. The van der Waals surface area contributed by atoms with E-state index >= 15 is 0 Å². The molecule has 1 heterocycles. The Kier molecular flexibility index (Phi) is 4.58. The molecule has 0 radical (unpaired) electrons. The number of aliphatic hydroxyl groups is 1. The summed E-state index contributed by atoms with van der Waals surface area (Å²) in [5.74, 6) is 0.417. The van der Waals surface area contributed by atoms with Crippen LogP contribution < -0.4 is 5.32 Å². The molecule has 19 heavy (non-hydrogen) atoms. The van der Waals surface area contributed by atoms with E-state index in [1.807, 2.05) is 0 Å². The summed E-state index contributed by atoms with van der Waals surface area (Å²) in [4.78, 5) is 16.0. The fraction of sp³-hybridized carbons (Fsp3) is 0.571. The van der Waals surface area contributed by atoms with Crippen molar-refractivity contribution < 1.29 is 9.90 Å². The van der Waals surface area contributed by atoms with Crippen molar-refractivity contribution in [2.24, 2.45) is 5.92 Å². The molecule has 1 aromatic heterocycles. The van der Waals surface area contributed by atoms with Gasteiger partial charge in [-0.15, -0.1) is 0 Å². The van der Waals surface area contributed by atoms with Gasteiger partial charge in [0.1, 0.15) is 5.69 Å². The second kappa shape index (κ2) is 6.01. The van der Waals surface area contributed by atoms with Crippen LogP contribution in [-0.4, -0.2) is 28.1 Å². The number of aromatic nitrogens is 1. The number of halogens is 1. The molecule has 1 saturated carbocycles. The minimum atomic E-state index is -0.760. The SMILES string of the molecule is CC1CCC(O)(CNC(=O)c2ncccc2Br)CC1. The second-order valence-electron chi connectivity index (χ2n) is 5.42. The number of rotatable bonds is 3. The van der Waals surface area contributed by atoms with Crippen molar-refractivity contribution in [1.82, 2.24) is 10.3 Å². The lowest BCUT2D eigenvalue weighted by Gasteiger charge is -2.34. The molecule has 2 N–H and O–H groups in total. The van der Waals surface area contributed by atoms with Gasteiger partial charge < -0.3 is 10.4 Å². The topological polar surface area (TPSA) is 62.2 Å². The van der Waals surface area contributed by atoms with E-state index < -0.39 is 5.60 Å². The zero-order chi connectivity index (χ0) is 13.9. The van der Waals surface area contributed by atoms with E-state index in [4.69, 9.17) is 0 Å². The quantitative estimate of drug-likeness (QED) is 0.897. The molecule has 0 aliphatic heterocycles. The third-order valence-electron chi connectivity index (χ3n) is 3.76. The Morgan fingerprint density at radius 3 is 2.89 bits per heavy atom. The van der Waals surface area contributed by atoms with Gasteiger partial charge in [-0.3, -0.25) is 4.79 Å². The van der Waals surface area contributed by atoms with Crippen LogP contribution in [0.5, 0.6) is 0 Å². The summed E-state index contributed by atoms with van der Waals surface area (Å²) < 4.78 is 0.664. The zero-order valence-electron chi connectivity index (χ0n) is 11.0. The number of amides is 1. The number of carbonyl (C=O) groups excluding carboxylic acids is 1. The third-order valence-corrected chi connectivity index (χ3v) is 4.40. The molecular weight excluding hydrogens is 308 g/mol. The number of hydrogen-bond acceptors (Lipinski definition) is 3. The summed E-state index contributed by atoms with van der Waals surface area (Å²) in [6, 6.07) is 3.54. The number of hydrogen-bond donors (Lipinski definition) is 2. The van der Waals surface area contributed by atoms with Crippen LogP contribution in [0.3, 0.4) is 0 Å². The van der Waals surface area contributed by atoms with Gasteiger partial charge in [-0.1, -0.05) is 6.92 Å². The Bertz CT molecular complexity index is 457. The Balaban J connectivity index is 1.92. The van der Waals surface area contributed by atoms with E-state index in [9.17, 15) is 9.90 Å². The molecule has 5 heteroatoms. The van der Waals surface area contributed by atoms with E-state index in [2.05, 4.69) is 33.2 Å². The van der Waals surface area contributed by atoms with Gasteiger partial charge in [-0.2, -0.15) is 0 Å².